The van der Waals surface area contributed by atoms with E-state index >= 15 is 0 Å². The minimum atomic E-state index is 0.495. The van der Waals surface area contributed by atoms with Crippen molar-refractivity contribution in [3.8, 4) is 0 Å². The summed E-state index contributed by atoms with van der Waals surface area (Å²) < 4.78 is 2.19. The number of aromatic nitrogens is 2. The van der Waals surface area contributed by atoms with Gasteiger partial charge in [-0.15, -0.1) is 0 Å². The summed E-state index contributed by atoms with van der Waals surface area (Å²) in [6, 6.07) is 0.495. The number of nitrogen functional groups attached to an aromatic ring is 1. The molecule has 0 bridgehead atoms. The third kappa shape index (κ3) is 0.858. The van der Waals surface area contributed by atoms with Crippen LogP contribution in [0.15, 0.2) is 6.08 Å². The van der Waals surface area contributed by atoms with Crippen LogP contribution in [0.5, 0.6) is 0 Å². The van der Waals surface area contributed by atoms with E-state index in [4.69, 9.17) is 5.73 Å². The van der Waals surface area contributed by atoms with Crippen molar-refractivity contribution in [2.45, 2.75) is 26.3 Å². The van der Waals surface area contributed by atoms with E-state index in [-0.39, 0.29) is 0 Å². The average molecular weight is 163 g/mol. The molecule has 0 saturated heterocycles. The van der Waals surface area contributed by atoms with E-state index in [0.29, 0.717) is 11.9 Å². The molecular formula is C9H13N3. The summed E-state index contributed by atoms with van der Waals surface area (Å²) in [5.74, 6) is 1.66. The standard InChI is InChI=1S/C9H13N3/c1-6-4-3-5-8-9(10)11-7(2)12(6)8/h3,5-6H,4,10H2,1-2H3. The van der Waals surface area contributed by atoms with Crippen molar-refractivity contribution < 1.29 is 0 Å². The molecular weight excluding hydrogens is 150 g/mol. The highest BCUT2D eigenvalue weighted by molar-refractivity contribution is 5.60. The molecule has 0 amide bonds. The highest BCUT2D eigenvalue weighted by Gasteiger charge is 2.17. The van der Waals surface area contributed by atoms with Gasteiger partial charge in [-0.2, -0.15) is 0 Å². The number of nitrogens with two attached hydrogens (primary N) is 1. The first-order valence-electron chi connectivity index (χ1n) is 4.21. The minimum Gasteiger partial charge on any atom is -0.382 e. The van der Waals surface area contributed by atoms with Gasteiger partial charge in [0.1, 0.15) is 11.6 Å². The Kier molecular flexibility index (Phi) is 1.46. The molecule has 1 unspecified atom stereocenters. The molecule has 2 rings (SSSR count). The second-order valence-electron chi connectivity index (χ2n) is 3.29. The fraction of sp³-hybridized carbons (Fsp3) is 0.444. The number of nitrogens with zero attached hydrogens (tertiary/aromatic N) is 2. The molecule has 1 aliphatic heterocycles. The molecule has 0 aromatic carbocycles. The summed E-state index contributed by atoms with van der Waals surface area (Å²) in [6.07, 6.45) is 5.27. The Hall–Kier alpha value is -1.25. The number of imidazole rings is 1. The lowest BCUT2D eigenvalue weighted by Crippen LogP contribution is -2.11. The minimum absolute atomic E-state index is 0.495. The van der Waals surface area contributed by atoms with Crippen LogP contribution in [0.2, 0.25) is 0 Å². The molecule has 0 saturated carbocycles. The number of aryl methyl sites for hydroxylation is 1. The molecule has 0 aliphatic carbocycles. The predicted octanol–water partition coefficient (Wildman–Crippen LogP) is 1.75. The van der Waals surface area contributed by atoms with E-state index in [1.165, 1.54) is 0 Å². The molecule has 1 atom stereocenters. The van der Waals surface area contributed by atoms with Gasteiger partial charge >= 0.3 is 0 Å². The van der Waals surface area contributed by atoms with Crippen LogP contribution in [0.1, 0.15) is 30.9 Å². The van der Waals surface area contributed by atoms with Crippen LogP contribution in [-0.2, 0) is 0 Å². The van der Waals surface area contributed by atoms with Crippen LogP contribution in [0.25, 0.3) is 6.08 Å². The van der Waals surface area contributed by atoms with Crippen LogP contribution in [0.3, 0.4) is 0 Å². The third-order valence-electron chi connectivity index (χ3n) is 2.35. The first-order chi connectivity index (χ1) is 5.70. The molecule has 12 heavy (non-hydrogen) atoms. The van der Waals surface area contributed by atoms with Gasteiger partial charge in [0.05, 0.1) is 5.69 Å². The smallest absolute Gasteiger partial charge is 0.149 e. The van der Waals surface area contributed by atoms with Gasteiger partial charge in [0, 0.05) is 6.04 Å². The maximum absolute atomic E-state index is 5.74. The SMILES string of the molecule is Cc1nc(N)c2n1C(C)CC=C2. The van der Waals surface area contributed by atoms with Gasteiger partial charge < -0.3 is 10.3 Å². The molecule has 1 aromatic heterocycles. The van der Waals surface area contributed by atoms with Crippen LogP contribution in [0, 0.1) is 6.92 Å². The Morgan fingerprint density at radius 1 is 1.67 bits per heavy atom. The van der Waals surface area contributed by atoms with Gasteiger partial charge in [0.25, 0.3) is 0 Å². The van der Waals surface area contributed by atoms with E-state index in [2.05, 4.69) is 28.6 Å². The highest BCUT2D eigenvalue weighted by atomic mass is 15.1. The van der Waals surface area contributed by atoms with Gasteiger partial charge in [-0.1, -0.05) is 6.08 Å². The Morgan fingerprint density at radius 3 is 3.08 bits per heavy atom. The normalized spacial score (nSPS) is 21.0. The van der Waals surface area contributed by atoms with Crippen molar-refractivity contribution >= 4 is 11.9 Å². The summed E-state index contributed by atoms with van der Waals surface area (Å²) in [4.78, 5) is 4.23. The summed E-state index contributed by atoms with van der Waals surface area (Å²) in [7, 11) is 0. The summed E-state index contributed by atoms with van der Waals surface area (Å²) in [5, 5.41) is 0. The van der Waals surface area contributed by atoms with Crippen molar-refractivity contribution in [2.24, 2.45) is 0 Å². The molecule has 0 fully saturated rings. The summed E-state index contributed by atoms with van der Waals surface area (Å²) >= 11 is 0. The Labute approximate surface area is 71.9 Å². The topological polar surface area (TPSA) is 43.8 Å². The fourth-order valence-corrected chi connectivity index (χ4v) is 1.79. The van der Waals surface area contributed by atoms with Gasteiger partial charge in [-0.05, 0) is 26.3 Å². The van der Waals surface area contributed by atoms with E-state index in [0.717, 1.165) is 17.9 Å². The average Bonchev–Trinajstić information content (AvgIpc) is 2.29. The molecule has 3 nitrogen and oxygen atoms in total. The predicted molar refractivity (Wildman–Crippen MR) is 49.7 cm³/mol. The zero-order valence-electron chi connectivity index (χ0n) is 7.41. The molecule has 1 aromatic rings. The van der Waals surface area contributed by atoms with E-state index in [1.54, 1.807) is 0 Å². The maximum atomic E-state index is 5.74. The van der Waals surface area contributed by atoms with E-state index < -0.39 is 0 Å². The lowest BCUT2D eigenvalue weighted by Gasteiger charge is -2.19. The molecule has 64 valence electrons. The van der Waals surface area contributed by atoms with E-state index in [9.17, 15) is 0 Å². The number of hydrogen-bond acceptors (Lipinski definition) is 2. The largest absolute Gasteiger partial charge is 0.382 e. The van der Waals surface area contributed by atoms with Gasteiger partial charge in [0.2, 0.25) is 0 Å². The fourth-order valence-electron chi connectivity index (χ4n) is 1.79. The van der Waals surface area contributed by atoms with Crippen molar-refractivity contribution in [1.29, 1.82) is 0 Å². The Morgan fingerprint density at radius 2 is 2.42 bits per heavy atom. The van der Waals surface area contributed by atoms with Gasteiger partial charge in [-0.25, -0.2) is 4.98 Å². The second kappa shape index (κ2) is 2.37. The van der Waals surface area contributed by atoms with Crippen molar-refractivity contribution in [3.05, 3.63) is 17.6 Å². The van der Waals surface area contributed by atoms with Crippen LogP contribution in [0.4, 0.5) is 5.82 Å². The number of rotatable bonds is 0. The molecule has 1 aliphatic rings. The molecule has 0 radical (unpaired) electrons. The third-order valence-corrected chi connectivity index (χ3v) is 2.35. The number of anilines is 1. The quantitative estimate of drug-likeness (QED) is 0.633. The highest BCUT2D eigenvalue weighted by Crippen LogP contribution is 2.27. The number of hydrogen-bond donors (Lipinski definition) is 1. The monoisotopic (exact) mass is 163 g/mol. The summed E-state index contributed by atoms with van der Waals surface area (Å²) in [5.41, 5.74) is 6.80. The number of fused-ring (bicyclic) bond motifs is 1. The summed E-state index contributed by atoms with van der Waals surface area (Å²) in [6.45, 7) is 4.18. The lowest BCUT2D eigenvalue weighted by molar-refractivity contribution is 0.529. The Balaban J connectivity index is 2.64. The first kappa shape index (κ1) is 7.40. The van der Waals surface area contributed by atoms with Gasteiger partial charge in [-0.3, -0.25) is 0 Å². The maximum Gasteiger partial charge on any atom is 0.149 e. The lowest BCUT2D eigenvalue weighted by atomic mass is 10.1. The van der Waals surface area contributed by atoms with Crippen molar-refractivity contribution in [3.63, 3.8) is 0 Å². The molecule has 2 heterocycles. The first-order valence-corrected chi connectivity index (χ1v) is 4.21. The molecule has 0 spiro atoms. The van der Waals surface area contributed by atoms with Crippen LogP contribution in [-0.4, -0.2) is 9.55 Å². The van der Waals surface area contributed by atoms with Crippen LogP contribution < -0.4 is 5.73 Å². The van der Waals surface area contributed by atoms with Crippen molar-refractivity contribution in [2.75, 3.05) is 5.73 Å². The molecule has 2 N–H and O–H groups in total. The zero-order chi connectivity index (χ0) is 8.72. The van der Waals surface area contributed by atoms with E-state index in [1.807, 2.05) is 6.92 Å². The Bertz CT molecular complexity index is 336. The van der Waals surface area contributed by atoms with Crippen molar-refractivity contribution in [1.82, 2.24) is 9.55 Å². The zero-order valence-corrected chi connectivity index (χ0v) is 7.41. The van der Waals surface area contributed by atoms with Crippen LogP contribution >= 0.6 is 0 Å². The number of allylic oxidation sites excluding steroid dienone is 1. The molecule has 3 heteroatoms. The second-order valence-corrected chi connectivity index (χ2v) is 3.29. The van der Waals surface area contributed by atoms with Gasteiger partial charge in [0.15, 0.2) is 0 Å².